The van der Waals surface area contributed by atoms with Crippen molar-refractivity contribution >= 4 is 38.5 Å². The number of aliphatic hydroxyl groups excluding tert-OH is 1. The molecule has 1 amide bonds. The number of amides is 1. The van der Waals surface area contributed by atoms with Crippen molar-refractivity contribution in [3.05, 3.63) is 69.5 Å². The molecule has 0 spiro atoms. The Morgan fingerprint density at radius 2 is 1.84 bits per heavy atom. The molecule has 1 heterocycles. The molecule has 0 radical (unpaired) electrons. The standard InChI is InChI=1S/C26H31IN2O7S/c1-34-22-8-10-23(11-9-22)37(32,33)29(12-14-30)13-15-35-25-17-19(18-2-4-20(27)5-3-18)16-24(36-25)26(31)28-21-6-7-21/h2-5,8-11,16,19,21,25,30H,6-7,12-15,17H2,1H3,(H,28,31)/t19-,25+/m1/s1. The monoisotopic (exact) mass is 642 g/mol. The number of carbonyl (C=O) groups excluding carboxylic acids is 1. The largest absolute Gasteiger partial charge is 0.497 e. The van der Waals surface area contributed by atoms with Gasteiger partial charge >= 0.3 is 0 Å². The summed E-state index contributed by atoms with van der Waals surface area (Å²) in [6.45, 7) is -0.380. The summed E-state index contributed by atoms with van der Waals surface area (Å²) in [5.41, 5.74) is 1.04. The molecule has 2 N–H and O–H groups in total. The first kappa shape index (κ1) is 27.8. The lowest BCUT2D eigenvalue weighted by atomic mass is 9.93. The second-order valence-corrected chi connectivity index (χ2v) is 12.1. The van der Waals surface area contributed by atoms with E-state index in [-0.39, 0.29) is 54.8 Å². The molecule has 0 saturated heterocycles. The predicted octanol–water partition coefficient (Wildman–Crippen LogP) is 2.99. The molecule has 37 heavy (non-hydrogen) atoms. The normalized spacial score (nSPS) is 19.7. The van der Waals surface area contributed by atoms with Crippen molar-refractivity contribution in [2.45, 2.75) is 42.4 Å². The van der Waals surface area contributed by atoms with Gasteiger partial charge in [-0.15, -0.1) is 0 Å². The van der Waals surface area contributed by atoms with E-state index in [1.165, 1.54) is 23.5 Å². The first-order valence-corrected chi connectivity index (χ1v) is 14.6. The van der Waals surface area contributed by atoms with Gasteiger partial charge in [-0.2, -0.15) is 4.31 Å². The molecule has 9 nitrogen and oxygen atoms in total. The third-order valence-electron chi connectivity index (χ3n) is 6.18. The molecule has 1 fully saturated rings. The van der Waals surface area contributed by atoms with Crippen molar-refractivity contribution in [2.75, 3.05) is 33.4 Å². The van der Waals surface area contributed by atoms with E-state index in [9.17, 15) is 18.3 Å². The number of methoxy groups -OCH3 is 1. The molecule has 4 rings (SSSR count). The van der Waals surface area contributed by atoms with Crippen LogP contribution in [0, 0.1) is 3.57 Å². The number of halogens is 1. The maximum Gasteiger partial charge on any atom is 0.286 e. The highest BCUT2D eigenvalue weighted by atomic mass is 127. The number of nitrogens with zero attached hydrogens (tertiary/aromatic N) is 1. The molecule has 1 aliphatic heterocycles. The van der Waals surface area contributed by atoms with Crippen LogP contribution in [-0.2, 0) is 24.3 Å². The van der Waals surface area contributed by atoms with Crippen LogP contribution in [-0.4, -0.2) is 69.5 Å². The SMILES string of the molecule is COc1ccc(S(=O)(=O)N(CCO)CCO[C@@H]2C[C@H](c3ccc(I)cc3)C=C(C(=O)NC3CC3)O2)cc1. The number of benzene rings is 2. The average molecular weight is 643 g/mol. The van der Waals surface area contributed by atoms with Crippen molar-refractivity contribution in [1.82, 2.24) is 9.62 Å². The van der Waals surface area contributed by atoms with E-state index in [0.29, 0.717) is 12.2 Å². The van der Waals surface area contributed by atoms with Gasteiger partial charge in [0.25, 0.3) is 5.91 Å². The number of ether oxygens (including phenoxy) is 3. The third-order valence-corrected chi connectivity index (χ3v) is 8.81. The van der Waals surface area contributed by atoms with Crippen LogP contribution < -0.4 is 10.1 Å². The Hall–Kier alpha value is -2.19. The number of nitrogens with one attached hydrogen (secondary N) is 1. The highest BCUT2D eigenvalue weighted by Gasteiger charge is 2.32. The molecule has 2 aromatic carbocycles. The number of allylic oxidation sites excluding steroid dienone is 1. The van der Waals surface area contributed by atoms with Gasteiger partial charge in [-0.1, -0.05) is 12.1 Å². The Morgan fingerprint density at radius 1 is 1.14 bits per heavy atom. The van der Waals surface area contributed by atoms with E-state index >= 15 is 0 Å². The van der Waals surface area contributed by atoms with Crippen LogP contribution in [0.25, 0.3) is 0 Å². The quantitative estimate of drug-likeness (QED) is 0.343. The average Bonchev–Trinajstić information content (AvgIpc) is 3.72. The molecule has 2 aliphatic rings. The molecule has 0 aromatic heterocycles. The van der Waals surface area contributed by atoms with Gasteiger partial charge in [0.1, 0.15) is 5.75 Å². The van der Waals surface area contributed by atoms with Crippen LogP contribution in [0.2, 0.25) is 0 Å². The Balaban J connectivity index is 1.43. The minimum atomic E-state index is -3.86. The number of sulfonamides is 1. The highest BCUT2D eigenvalue weighted by Crippen LogP contribution is 2.32. The van der Waals surface area contributed by atoms with E-state index in [1.807, 2.05) is 30.3 Å². The van der Waals surface area contributed by atoms with Crippen LogP contribution in [0.1, 0.15) is 30.7 Å². The molecular formula is C26H31IN2O7S. The number of aliphatic hydroxyl groups is 1. The van der Waals surface area contributed by atoms with E-state index < -0.39 is 16.3 Å². The zero-order valence-electron chi connectivity index (χ0n) is 20.5. The Kier molecular flexibility index (Phi) is 9.46. The van der Waals surface area contributed by atoms with Crippen LogP contribution in [0.5, 0.6) is 5.75 Å². The predicted molar refractivity (Wildman–Crippen MR) is 145 cm³/mol. The fraction of sp³-hybridized carbons (Fsp3) is 0.423. The summed E-state index contributed by atoms with van der Waals surface area (Å²) in [7, 11) is -2.35. The fourth-order valence-corrected chi connectivity index (χ4v) is 5.77. The molecule has 2 aromatic rings. The van der Waals surface area contributed by atoms with E-state index in [0.717, 1.165) is 22.0 Å². The molecular weight excluding hydrogens is 611 g/mol. The minimum Gasteiger partial charge on any atom is -0.497 e. The smallest absolute Gasteiger partial charge is 0.286 e. The van der Waals surface area contributed by atoms with Gasteiger partial charge in [0, 0.05) is 35.0 Å². The second kappa shape index (κ2) is 12.6. The Morgan fingerprint density at radius 3 is 2.46 bits per heavy atom. The van der Waals surface area contributed by atoms with Gasteiger partial charge in [-0.25, -0.2) is 8.42 Å². The van der Waals surface area contributed by atoms with Gasteiger partial charge in [0.2, 0.25) is 16.3 Å². The number of carbonyl (C=O) groups is 1. The maximum atomic E-state index is 13.1. The topological polar surface area (TPSA) is 114 Å². The third kappa shape index (κ3) is 7.44. The summed E-state index contributed by atoms with van der Waals surface area (Å²) >= 11 is 2.24. The second-order valence-electron chi connectivity index (χ2n) is 8.89. The van der Waals surface area contributed by atoms with Gasteiger partial charge in [-0.05, 0) is 83.5 Å². The Labute approximate surface area is 231 Å². The lowest BCUT2D eigenvalue weighted by Gasteiger charge is -2.30. The Bertz CT molecular complexity index is 1200. The van der Waals surface area contributed by atoms with E-state index in [1.54, 1.807) is 12.1 Å². The maximum absolute atomic E-state index is 13.1. The summed E-state index contributed by atoms with van der Waals surface area (Å²) in [4.78, 5) is 12.8. The van der Waals surface area contributed by atoms with Crippen LogP contribution in [0.15, 0.2) is 65.3 Å². The summed E-state index contributed by atoms with van der Waals surface area (Å²) in [6.07, 6.45) is 3.50. The highest BCUT2D eigenvalue weighted by molar-refractivity contribution is 14.1. The van der Waals surface area contributed by atoms with Gasteiger partial charge < -0.3 is 24.6 Å². The van der Waals surface area contributed by atoms with Crippen LogP contribution in [0.4, 0.5) is 0 Å². The van der Waals surface area contributed by atoms with Crippen molar-refractivity contribution in [3.63, 3.8) is 0 Å². The van der Waals surface area contributed by atoms with Gasteiger partial charge in [-0.3, -0.25) is 4.79 Å². The van der Waals surface area contributed by atoms with Crippen molar-refractivity contribution < 1.29 is 32.5 Å². The van der Waals surface area contributed by atoms with Gasteiger partial charge in [0.15, 0.2) is 5.76 Å². The fourth-order valence-electron chi connectivity index (χ4n) is 3.99. The lowest BCUT2D eigenvalue weighted by Crippen LogP contribution is -2.38. The summed E-state index contributed by atoms with van der Waals surface area (Å²) in [5, 5.41) is 12.4. The summed E-state index contributed by atoms with van der Waals surface area (Å²) in [6, 6.07) is 14.3. The van der Waals surface area contributed by atoms with Gasteiger partial charge in [0.05, 0.1) is 25.2 Å². The number of hydrogen-bond donors (Lipinski definition) is 2. The van der Waals surface area contributed by atoms with Crippen LogP contribution in [0.3, 0.4) is 0 Å². The number of hydrogen-bond acceptors (Lipinski definition) is 7. The molecule has 11 heteroatoms. The van der Waals surface area contributed by atoms with E-state index in [4.69, 9.17) is 14.2 Å². The van der Waals surface area contributed by atoms with Crippen LogP contribution >= 0.6 is 22.6 Å². The zero-order valence-corrected chi connectivity index (χ0v) is 23.5. The minimum absolute atomic E-state index is 0.0102. The zero-order chi connectivity index (χ0) is 26.4. The van der Waals surface area contributed by atoms with Crippen molar-refractivity contribution in [3.8, 4) is 5.75 Å². The first-order valence-electron chi connectivity index (χ1n) is 12.1. The first-order chi connectivity index (χ1) is 17.8. The summed E-state index contributed by atoms with van der Waals surface area (Å²) < 4.78 is 45.5. The molecule has 1 saturated carbocycles. The molecule has 2 atom stereocenters. The van der Waals surface area contributed by atoms with Crippen molar-refractivity contribution in [2.24, 2.45) is 0 Å². The molecule has 0 unspecified atom stereocenters. The molecule has 0 bridgehead atoms. The molecule has 200 valence electrons. The molecule has 1 aliphatic carbocycles. The van der Waals surface area contributed by atoms with Crippen molar-refractivity contribution in [1.29, 1.82) is 0 Å². The van der Waals surface area contributed by atoms with E-state index in [2.05, 4.69) is 27.9 Å². The number of rotatable bonds is 12. The summed E-state index contributed by atoms with van der Waals surface area (Å²) in [5.74, 6) is 0.398. The lowest BCUT2D eigenvalue weighted by molar-refractivity contribution is -0.146.